The fourth-order valence-corrected chi connectivity index (χ4v) is 5.11. The van der Waals surface area contributed by atoms with E-state index in [0.717, 1.165) is 11.3 Å². The number of hydrogen-bond acceptors (Lipinski definition) is 8. The van der Waals surface area contributed by atoms with Crippen LogP contribution in [0.25, 0.3) is 0 Å². The molecule has 182 valence electrons. The van der Waals surface area contributed by atoms with E-state index in [-0.39, 0.29) is 12.3 Å². The van der Waals surface area contributed by atoms with E-state index in [4.69, 9.17) is 19.2 Å². The van der Waals surface area contributed by atoms with Gasteiger partial charge in [0, 0.05) is 23.0 Å². The van der Waals surface area contributed by atoms with E-state index in [9.17, 15) is 9.59 Å². The van der Waals surface area contributed by atoms with E-state index in [1.807, 2.05) is 53.6 Å². The highest BCUT2D eigenvalue weighted by Crippen LogP contribution is 2.47. The van der Waals surface area contributed by atoms with Crippen LogP contribution in [0.2, 0.25) is 0 Å². The molecule has 2 aromatic rings. The standard InChI is InChI=1S/C26H27N3O5S/c1-5-20-23(25(31)34-4)24(19-11-6-7-12-21(19)33-3)29-17(15-35-26(29)28-20)14-22(30)27-16-9-8-10-18(13-16)32-2/h6-13,15,24H,5,14H2,1-4H3,(H,27,30). The number of para-hydroxylation sites is 1. The van der Waals surface area contributed by atoms with Gasteiger partial charge in [0.05, 0.1) is 45.1 Å². The van der Waals surface area contributed by atoms with Crippen molar-refractivity contribution in [1.82, 2.24) is 4.90 Å². The van der Waals surface area contributed by atoms with E-state index in [1.165, 1.54) is 18.9 Å². The summed E-state index contributed by atoms with van der Waals surface area (Å²) in [6.45, 7) is 1.95. The molecule has 2 heterocycles. The van der Waals surface area contributed by atoms with Crippen LogP contribution in [0.15, 0.2) is 75.9 Å². The molecule has 0 fully saturated rings. The Labute approximate surface area is 208 Å². The molecule has 1 N–H and O–H groups in total. The van der Waals surface area contributed by atoms with Gasteiger partial charge < -0.3 is 24.4 Å². The third-order valence-corrected chi connectivity index (χ3v) is 6.65. The first-order valence-corrected chi connectivity index (χ1v) is 12.0. The SMILES string of the molecule is CCC1=C(C(=O)OC)C(c2ccccc2OC)N2C(CC(=O)Nc3cccc(OC)c3)=CSC2=N1. The molecule has 35 heavy (non-hydrogen) atoms. The van der Waals surface area contributed by atoms with Crippen molar-refractivity contribution in [3.63, 3.8) is 0 Å². The zero-order chi connectivity index (χ0) is 24.9. The Balaban J connectivity index is 1.70. The fraction of sp³-hybridized carbons (Fsp3) is 0.269. The minimum absolute atomic E-state index is 0.0881. The molecule has 0 spiro atoms. The lowest BCUT2D eigenvalue weighted by Crippen LogP contribution is -2.37. The normalized spacial score (nSPS) is 16.8. The molecule has 0 saturated carbocycles. The van der Waals surface area contributed by atoms with Crippen LogP contribution in [-0.2, 0) is 14.3 Å². The van der Waals surface area contributed by atoms with Crippen molar-refractivity contribution in [1.29, 1.82) is 0 Å². The fourth-order valence-electron chi connectivity index (χ4n) is 4.17. The summed E-state index contributed by atoms with van der Waals surface area (Å²) in [7, 11) is 4.53. The number of methoxy groups -OCH3 is 3. The number of aliphatic imine (C=N–C) groups is 1. The Bertz CT molecular complexity index is 1240. The van der Waals surface area contributed by atoms with Crippen molar-refractivity contribution < 1.29 is 23.8 Å². The summed E-state index contributed by atoms with van der Waals surface area (Å²) >= 11 is 1.43. The number of rotatable bonds is 8. The zero-order valence-electron chi connectivity index (χ0n) is 20.0. The molecular formula is C26H27N3O5S. The maximum absolute atomic E-state index is 13.0. The van der Waals surface area contributed by atoms with Crippen LogP contribution < -0.4 is 14.8 Å². The van der Waals surface area contributed by atoms with Crippen LogP contribution in [0.1, 0.15) is 31.4 Å². The van der Waals surface area contributed by atoms with Crippen molar-refractivity contribution in [2.24, 2.45) is 4.99 Å². The molecule has 0 aromatic heterocycles. The van der Waals surface area contributed by atoms with Crippen molar-refractivity contribution in [3.8, 4) is 11.5 Å². The van der Waals surface area contributed by atoms with Gasteiger partial charge in [0.25, 0.3) is 0 Å². The van der Waals surface area contributed by atoms with E-state index in [2.05, 4.69) is 5.32 Å². The van der Waals surface area contributed by atoms with Crippen molar-refractivity contribution in [2.45, 2.75) is 25.8 Å². The van der Waals surface area contributed by atoms with Crippen LogP contribution in [0.3, 0.4) is 0 Å². The lowest BCUT2D eigenvalue weighted by atomic mass is 9.92. The van der Waals surface area contributed by atoms with Gasteiger partial charge in [-0.15, -0.1) is 0 Å². The topological polar surface area (TPSA) is 89.5 Å². The van der Waals surface area contributed by atoms with E-state index < -0.39 is 12.0 Å². The first kappa shape index (κ1) is 24.4. The number of amidine groups is 1. The minimum Gasteiger partial charge on any atom is -0.497 e. The summed E-state index contributed by atoms with van der Waals surface area (Å²) in [6, 6.07) is 14.2. The van der Waals surface area contributed by atoms with Gasteiger partial charge in [-0.3, -0.25) is 4.79 Å². The third-order valence-electron chi connectivity index (χ3n) is 5.76. The Morgan fingerprint density at radius 1 is 1.09 bits per heavy atom. The largest absolute Gasteiger partial charge is 0.497 e. The quantitative estimate of drug-likeness (QED) is 0.525. The number of benzene rings is 2. The number of amides is 1. The molecule has 1 atom stereocenters. The van der Waals surface area contributed by atoms with Gasteiger partial charge >= 0.3 is 5.97 Å². The van der Waals surface area contributed by atoms with Gasteiger partial charge in [-0.25, -0.2) is 9.79 Å². The molecule has 2 aromatic carbocycles. The van der Waals surface area contributed by atoms with Crippen LogP contribution in [0.4, 0.5) is 5.69 Å². The molecular weight excluding hydrogens is 466 g/mol. The molecule has 1 amide bonds. The van der Waals surface area contributed by atoms with Gasteiger partial charge in [0.15, 0.2) is 5.17 Å². The molecule has 2 aliphatic heterocycles. The summed E-state index contributed by atoms with van der Waals surface area (Å²) in [5.41, 5.74) is 3.24. The molecule has 0 aliphatic carbocycles. The van der Waals surface area contributed by atoms with E-state index in [0.29, 0.717) is 40.0 Å². The van der Waals surface area contributed by atoms with Gasteiger partial charge in [-0.05, 0) is 30.0 Å². The first-order chi connectivity index (χ1) is 17.0. The summed E-state index contributed by atoms with van der Waals surface area (Å²) in [5, 5.41) is 5.52. The van der Waals surface area contributed by atoms with Crippen molar-refractivity contribution in [3.05, 3.63) is 76.5 Å². The van der Waals surface area contributed by atoms with E-state index >= 15 is 0 Å². The smallest absolute Gasteiger partial charge is 0.338 e. The Kier molecular flexibility index (Phi) is 7.45. The number of allylic oxidation sites excluding steroid dienone is 1. The highest BCUT2D eigenvalue weighted by atomic mass is 32.2. The maximum Gasteiger partial charge on any atom is 0.338 e. The second-order valence-electron chi connectivity index (χ2n) is 7.80. The number of thioether (sulfide) groups is 1. The summed E-state index contributed by atoms with van der Waals surface area (Å²) in [5.74, 6) is 0.625. The van der Waals surface area contributed by atoms with Crippen molar-refractivity contribution >= 4 is 34.5 Å². The van der Waals surface area contributed by atoms with Gasteiger partial charge in [-0.1, -0.05) is 43.0 Å². The highest BCUT2D eigenvalue weighted by Gasteiger charge is 2.42. The van der Waals surface area contributed by atoms with Gasteiger partial charge in [-0.2, -0.15) is 0 Å². The lowest BCUT2D eigenvalue weighted by molar-refractivity contribution is -0.136. The Morgan fingerprint density at radius 2 is 1.89 bits per heavy atom. The number of carbonyl (C=O) groups is 2. The lowest BCUT2D eigenvalue weighted by Gasteiger charge is -2.37. The number of ether oxygens (including phenoxy) is 3. The maximum atomic E-state index is 13.0. The molecule has 4 rings (SSSR count). The highest BCUT2D eigenvalue weighted by molar-refractivity contribution is 8.16. The summed E-state index contributed by atoms with van der Waals surface area (Å²) in [6.07, 6.45) is 0.643. The van der Waals surface area contributed by atoms with Crippen LogP contribution >= 0.6 is 11.8 Å². The van der Waals surface area contributed by atoms with Crippen LogP contribution in [0.5, 0.6) is 11.5 Å². The number of esters is 1. The number of fused-ring (bicyclic) bond motifs is 1. The second kappa shape index (κ2) is 10.7. The van der Waals surface area contributed by atoms with E-state index in [1.54, 1.807) is 26.4 Å². The number of nitrogens with one attached hydrogen (secondary N) is 1. The van der Waals surface area contributed by atoms with Gasteiger partial charge in [0.2, 0.25) is 5.91 Å². The minimum atomic E-state index is -0.549. The molecule has 1 unspecified atom stereocenters. The first-order valence-electron chi connectivity index (χ1n) is 11.1. The third kappa shape index (κ3) is 4.90. The average Bonchev–Trinajstić information content (AvgIpc) is 3.28. The Morgan fingerprint density at radius 3 is 2.60 bits per heavy atom. The molecule has 2 aliphatic rings. The van der Waals surface area contributed by atoms with Crippen LogP contribution in [0, 0.1) is 0 Å². The summed E-state index contributed by atoms with van der Waals surface area (Å²) in [4.78, 5) is 32.7. The predicted molar refractivity (Wildman–Crippen MR) is 136 cm³/mol. The van der Waals surface area contributed by atoms with Gasteiger partial charge in [0.1, 0.15) is 11.5 Å². The second-order valence-corrected chi connectivity index (χ2v) is 8.63. The Hall–Kier alpha value is -3.72. The van der Waals surface area contributed by atoms with Crippen LogP contribution in [-0.4, -0.2) is 43.3 Å². The molecule has 9 heteroatoms. The molecule has 8 nitrogen and oxygen atoms in total. The number of carbonyl (C=O) groups excluding carboxylic acids is 2. The monoisotopic (exact) mass is 493 g/mol. The molecule has 0 saturated heterocycles. The molecule has 0 bridgehead atoms. The predicted octanol–water partition coefficient (Wildman–Crippen LogP) is 4.87. The number of nitrogens with zero attached hydrogens (tertiary/aromatic N) is 2. The number of anilines is 1. The average molecular weight is 494 g/mol. The molecule has 0 radical (unpaired) electrons. The van der Waals surface area contributed by atoms with Crippen molar-refractivity contribution in [2.75, 3.05) is 26.6 Å². The zero-order valence-corrected chi connectivity index (χ0v) is 20.8. The summed E-state index contributed by atoms with van der Waals surface area (Å²) < 4.78 is 16.0. The number of hydrogen-bond donors (Lipinski definition) is 1.